The number of hydrogen-bond donors (Lipinski definition) is 2. The van der Waals surface area contributed by atoms with Gasteiger partial charge in [0, 0.05) is 34.9 Å². The second-order valence-corrected chi connectivity index (χ2v) is 6.65. The molecule has 0 saturated carbocycles. The summed E-state index contributed by atoms with van der Waals surface area (Å²) in [6, 6.07) is 0. The summed E-state index contributed by atoms with van der Waals surface area (Å²) in [7, 11) is 4.05. The van der Waals surface area contributed by atoms with Gasteiger partial charge in [0.2, 0.25) is 6.54 Å². The Hall–Kier alpha value is -0.740. The largest absolute Gasteiger partial charge is 0.310 e. The molecule has 0 aromatic carbocycles. The number of thioether (sulfide) groups is 1. The smallest absolute Gasteiger partial charge is 0.231 e. The van der Waals surface area contributed by atoms with Crippen molar-refractivity contribution >= 4 is 23.1 Å². The van der Waals surface area contributed by atoms with Crippen molar-refractivity contribution < 1.29 is 4.92 Å². The molecule has 1 aromatic heterocycles. The molecule has 7 nitrogen and oxygen atoms in total. The Morgan fingerprint density at radius 2 is 2.40 bits per heavy atom. The standard InChI is InChI=1S/C11H21N5O2S2/c1-15(2)6-11-14-9(8-20-11)7-19-4-3-13-10(12)5-16(17)18/h8,10,13H,3-7,12H2,1-2H3. The number of rotatable bonds is 10. The molecular weight excluding hydrogens is 298 g/mol. The molecule has 1 rings (SSSR count). The van der Waals surface area contributed by atoms with E-state index in [0.717, 1.165) is 28.8 Å². The lowest BCUT2D eigenvalue weighted by Gasteiger charge is -2.08. The molecule has 0 aliphatic heterocycles. The molecule has 0 aliphatic carbocycles. The van der Waals surface area contributed by atoms with Gasteiger partial charge in [-0.1, -0.05) is 0 Å². The molecule has 0 amide bonds. The van der Waals surface area contributed by atoms with Crippen LogP contribution in [0.2, 0.25) is 0 Å². The average molecular weight is 319 g/mol. The van der Waals surface area contributed by atoms with Crippen LogP contribution in [0.1, 0.15) is 10.7 Å². The van der Waals surface area contributed by atoms with Crippen LogP contribution in [-0.2, 0) is 12.3 Å². The number of nitrogens with two attached hydrogens (primary N) is 1. The number of aromatic nitrogens is 1. The first-order chi connectivity index (χ1) is 9.47. The van der Waals surface area contributed by atoms with E-state index in [9.17, 15) is 10.1 Å². The number of nitrogens with one attached hydrogen (secondary N) is 1. The Bertz CT molecular complexity index is 413. The lowest BCUT2D eigenvalue weighted by Crippen LogP contribution is -2.43. The van der Waals surface area contributed by atoms with E-state index >= 15 is 0 Å². The van der Waals surface area contributed by atoms with Crippen LogP contribution in [0.25, 0.3) is 0 Å². The van der Waals surface area contributed by atoms with E-state index in [1.807, 2.05) is 14.1 Å². The molecule has 0 aliphatic rings. The third kappa shape index (κ3) is 7.75. The molecule has 1 heterocycles. The third-order valence-electron chi connectivity index (χ3n) is 2.30. The molecule has 0 bridgehead atoms. The van der Waals surface area contributed by atoms with E-state index in [1.165, 1.54) is 0 Å². The van der Waals surface area contributed by atoms with Crippen LogP contribution in [-0.4, -0.2) is 53.9 Å². The second-order valence-electron chi connectivity index (χ2n) is 4.60. The molecule has 1 aromatic rings. The van der Waals surface area contributed by atoms with Crippen LogP contribution >= 0.6 is 23.1 Å². The van der Waals surface area contributed by atoms with Gasteiger partial charge in [0.05, 0.1) is 5.69 Å². The summed E-state index contributed by atoms with van der Waals surface area (Å²) >= 11 is 3.42. The van der Waals surface area contributed by atoms with Crippen LogP contribution in [0.3, 0.4) is 0 Å². The molecular formula is C11H21N5O2S2. The van der Waals surface area contributed by atoms with Crippen molar-refractivity contribution in [2.75, 3.05) is 32.9 Å². The van der Waals surface area contributed by atoms with Gasteiger partial charge in [0.25, 0.3) is 0 Å². The SMILES string of the molecule is CN(C)Cc1nc(CSCCNC(N)C[N+](=O)[O-])cs1. The molecule has 0 spiro atoms. The quantitative estimate of drug-likeness (QED) is 0.282. The summed E-state index contributed by atoms with van der Waals surface area (Å²) < 4.78 is 0. The van der Waals surface area contributed by atoms with Crippen LogP contribution in [0.15, 0.2) is 5.38 Å². The first kappa shape index (κ1) is 17.3. The normalized spacial score (nSPS) is 12.8. The predicted octanol–water partition coefficient (Wildman–Crippen LogP) is 0.589. The van der Waals surface area contributed by atoms with Gasteiger partial charge in [-0.3, -0.25) is 15.4 Å². The first-order valence-corrected chi connectivity index (χ1v) is 8.27. The van der Waals surface area contributed by atoms with E-state index in [-0.39, 0.29) is 6.54 Å². The van der Waals surface area contributed by atoms with Crippen molar-refractivity contribution in [3.63, 3.8) is 0 Å². The van der Waals surface area contributed by atoms with Crippen LogP contribution in [0.5, 0.6) is 0 Å². The van der Waals surface area contributed by atoms with Gasteiger partial charge in [-0.25, -0.2) is 4.98 Å². The minimum atomic E-state index is -0.573. The van der Waals surface area contributed by atoms with Crippen LogP contribution in [0, 0.1) is 10.1 Å². The summed E-state index contributed by atoms with van der Waals surface area (Å²) in [5.74, 6) is 1.71. The molecule has 9 heteroatoms. The monoisotopic (exact) mass is 319 g/mol. The average Bonchev–Trinajstić information content (AvgIpc) is 2.74. The van der Waals surface area contributed by atoms with Gasteiger partial charge in [-0.2, -0.15) is 11.8 Å². The van der Waals surface area contributed by atoms with Gasteiger partial charge >= 0.3 is 0 Å². The Balaban J connectivity index is 2.12. The summed E-state index contributed by atoms with van der Waals surface area (Å²) in [5, 5.41) is 16.4. The maximum absolute atomic E-state index is 10.2. The van der Waals surface area contributed by atoms with Gasteiger partial charge in [-0.05, 0) is 14.1 Å². The maximum atomic E-state index is 10.2. The van der Waals surface area contributed by atoms with Crippen molar-refractivity contribution in [2.24, 2.45) is 5.73 Å². The fourth-order valence-electron chi connectivity index (χ4n) is 1.48. The number of nitrogens with zero attached hydrogens (tertiary/aromatic N) is 3. The molecule has 1 atom stereocenters. The van der Waals surface area contributed by atoms with Crippen molar-refractivity contribution in [2.45, 2.75) is 18.5 Å². The van der Waals surface area contributed by atoms with E-state index in [4.69, 9.17) is 5.73 Å². The Morgan fingerprint density at radius 1 is 1.65 bits per heavy atom. The van der Waals surface area contributed by atoms with Crippen molar-refractivity contribution in [3.8, 4) is 0 Å². The second kappa shape index (κ2) is 9.24. The summed E-state index contributed by atoms with van der Waals surface area (Å²) in [4.78, 5) is 16.5. The molecule has 3 N–H and O–H groups in total. The Kier molecular flexibility index (Phi) is 8.00. The lowest BCUT2D eigenvalue weighted by atomic mass is 10.5. The molecule has 0 saturated heterocycles. The number of hydrogen-bond acceptors (Lipinski definition) is 8. The Morgan fingerprint density at radius 3 is 3.05 bits per heavy atom. The summed E-state index contributed by atoms with van der Waals surface area (Å²) in [5.41, 5.74) is 6.63. The zero-order valence-corrected chi connectivity index (χ0v) is 13.4. The highest BCUT2D eigenvalue weighted by molar-refractivity contribution is 7.98. The lowest BCUT2D eigenvalue weighted by molar-refractivity contribution is -0.483. The maximum Gasteiger partial charge on any atom is 0.231 e. The summed E-state index contributed by atoms with van der Waals surface area (Å²) in [6.07, 6.45) is -0.573. The van der Waals surface area contributed by atoms with Crippen molar-refractivity contribution in [1.82, 2.24) is 15.2 Å². The van der Waals surface area contributed by atoms with Gasteiger partial charge < -0.3 is 10.6 Å². The Labute approximate surface area is 127 Å². The third-order valence-corrected chi connectivity index (χ3v) is 4.17. The fraction of sp³-hybridized carbons (Fsp3) is 0.727. The van der Waals surface area contributed by atoms with Gasteiger partial charge in [0.15, 0.2) is 0 Å². The summed E-state index contributed by atoms with van der Waals surface area (Å²) in [6.45, 7) is 1.28. The highest BCUT2D eigenvalue weighted by Crippen LogP contribution is 2.16. The van der Waals surface area contributed by atoms with Crippen LogP contribution < -0.4 is 11.1 Å². The molecule has 114 valence electrons. The fourth-order valence-corrected chi connectivity index (χ4v) is 3.26. The van der Waals surface area contributed by atoms with E-state index < -0.39 is 11.1 Å². The van der Waals surface area contributed by atoms with Gasteiger partial charge in [0.1, 0.15) is 11.2 Å². The zero-order chi connectivity index (χ0) is 15.0. The van der Waals surface area contributed by atoms with Gasteiger partial charge in [-0.15, -0.1) is 11.3 Å². The number of nitro groups is 1. The first-order valence-electron chi connectivity index (χ1n) is 6.24. The van der Waals surface area contributed by atoms with E-state index in [2.05, 4.69) is 20.6 Å². The minimum Gasteiger partial charge on any atom is -0.310 e. The minimum absolute atomic E-state index is 0.245. The highest BCUT2D eigenvalue weighted by atomic mass is 32.2. The van der Waals surface area contributed by atoms with E-state index in [0.29, 0.717) is 6.54 Å². The topological polar surface area (TPSA) is 97.3 Å². The molecule has 20 heavy (non-hydrogen) atoms. The molecule has 0 radical (unpaired) electrons. The predicted molar refractivity (Wildman–Crippen MR) is 83.5 cm³/mol. The molecule has 0 fully saturated rings. The van der Waals surface area contributed by atoms with Crippen molar-refractivity contribution in [1.29, 1.82) is 0 Å². The van der Waals surface area contributed by atoms with Crippen molar-refractivity contribution in [3.05, 3.63) is 26.2 Å². The molecule has 1 unspecified atom stereocenters. The zero-order valence-electron chi connectivity index (χ0n) is 11.7. The van der Waals surface area contributed by atoms with Crippen LogP contribution in [0.4, 0.5) is 0 Å². The number of thiazole rings is 1. The highest BCUT2D eigenvalue weighted by Gasteiger charge is 2.08. The van der Waals surface area contributed by atoms with E-state index in [1.54, 1.807) is 23.1 Å².